The normalized spacial score (nSPS) is 22.9. The van der Waals surface area contributed by atoms with Crippen molar-refractivity contribution in [2.24, 2.45) is 0 Å². The van der Waals surface area contributed by atoms with E-state index in [4.69, 9.17) is 9.47 Å². The molecule has 0 aromatic carbocycles. The smallest absolute Gasteiger partial charge is 0.382 e. The van der Waals surface area contributed by atoms with E-state index in [1.807, 2.05) is 18.7 Å². The third-order valence-electron chi connectivity index (χ3n) is 3.20. The fraction of sp³-hybridized carbons (Fsp3) is 0.917. The van der Waals surface area contributed by atoms with Crippen molar-refractivity contribution in [3.63, 3.8) is 0 Å². The van der Waals surface area contributed by atoms with E-state index >= 15 is 0 Å². The molecule has 1 aromatic rings. The van der Waals surface area contributed by atoms with Gasteiger partial charge in [0.15, 0.2) is 5.82 Å². The molecule has 1 fully saturated rings. The molecule has 0 spiro atoms. The number of rotatable bonds is 5. The van der Waals surface area contributed by atoms with Gasteiger partial charge in [-0.1, -0.05) is 0 Å². The minimum atomic E-state index is -4.35. The number of hydrogen-bond donors (Lipinski definition) is 0. The first-order chi connectivity index (χ1) is 10.2. The minimum absolute atomic E-state index is 0.138. The summed E-state index contributed by atoms with van der Waals surface area (Å²) in [7, 11) is 1.58. The fourth-order valence-corrected chi connectivity index (χ4v) is 2.64. The Hall–Kier alpha value is -1.26. The number of halogens is 3. The molecule has 2 heterocycles. The molecule has 10 heteroatoms. The van der Waals surface area contributed by atoms with E-state index in [0.717, 1.165) is 4.68 Å². The molecule has 1 aliphatic rings. The molecule has 1 aliphatic heterocycles. The summed E-state index contributed by atoms with van der Waals surface area (Å²) in [4.78, 5) is 1.98. The first-order valence-electron chi connectivity index (χ1n) is 6.89. The Morgan fingerprint density at radius 3 is 2.77 bits per heavy atom. The number of aromatic nitrogens is 4. The van der Waals surface area contributed by atoms with Crippen LogP contribution in [0.3, 0.4) is 0 Å². The van der Waals surface area contributed by atoms with E-state index in [9.17, 15) is 13.2 Å². The van der Waals surface area contributed by atoms with Gasteiger partial charge in [-0.3, -0.25) is 4.90 Å². The fourth-order valence-electron chi connectivity index (χ4n) is 2.64. The van der Waals surface area contributed by atoms with E-state index in [1.54, 1.807) is 7.11 Å². The highest BCUT2D eigenvalue weighted by Gasteiger charge is 2.35. The number of hydrogen-bond acceptors (Lipinski definition) is 6. The number of morpholine rings is 1. The highest BCUT2D eigenvalue weighted by molar-refractivity contribution is 4.89. The maximum atomic E-state index is 12.5. The summed E-state index contributed by atoms with van der Waals surface area (Å²) in [6, 6.07) is 0. The van der Waals surface area contributed by atoms with Gasteiger partial charge in [0.2, 0.25) is 0 Å². The van der Waals surface area contributed by atoms with Crippen LogP contribution in [0.1, 0.15) is 19.7 Å². The molecule has 7 nitrogen and oxygen atoms in total. The van der Waals surface area contributed by atoms with Crippen LogP contribution in [0.4, 0.5) is 13.2 Å². The predicted octanol–water partition coefficient (Wildman–Crippen LogP) is 0.861. The molecule has 0 saturated carbocycles. The van der Waals surface area contributed by atoms with Gasteiger partial charge in [-0.25, -0.2) is 4.68 Å². The van der Waals surface area contributed by atoms with Crippen LogP contribution >= 0.6 is 0 Å². The van der Waals surface area contributed by atoms with Gasteiger partial charge in [-0.05, 0) is 24.3 Å². The highest BCUT2D eigenvalue weighted by Crippen LogP contribution is 2.23. The minimum Gasteiger partial charge on any atom is -0.382 e. The summed E-state index contributed by atoms with van der Waals surface area (Å²) in [6.45, 7) is 4.46. The van der Waals surface area contributed by atoms with Crippen LogP contribution in [0.5, 0.6) is 0 Å². The number of tetrazole rings is 1. The van der Waals surface area contributed by atoms with Crippen LogP contribution in [-0.4, -0.2) is 69.8 Å². The van der Waals surface area contributed by atoms with Crippen molar-refractivity contribution >= 4 is 0 Å². The summed E-state index contributed by atoms with van der Waals surface area (Å²) in [5.74, 6) is 0.186. The van der Waals surface area contributed by atoms with Gasteiger partial charge in [0.1, 0.15) is 6.54 Å². The van der Waals surface area contributed by atoms with Crippen molar-refractivity contribution in [2.75, 3.05) is 26.8 Å². The Labute approximate surface area is 126 Å². The monoisotopic (exact) mass is 323 g/mol. The van der Waals surface area contributed by atoms with Crippen molar-refractivity contribution < 1.29 is 22.6 Å². The van der Waals surface area contributed by atoms with Crippen LogP contribution in [0.25, 0.3) is 0 Å². The van der Waals surface area contributed by atoms with Crippen LogP contribution < -0.4 is 0 Å². The van der Waals surface area contributed by atoms with Gasteiger partial charge >= 0.3 is 6.18 Å². The summed E-state index contributed by atoms with van der Waals surface area (Å²) >= 11 is 0. The molecule has 2 rings (SSSR count). The van der Waals surface area contributed by atoms with Crippen molar-refractivity contribution in [3.05, 3.63) is 5.82 Å². The molecule has 126 valence electrons. The van der Waals surface area contributed by atoms with Crippen molar-refractivity contribution in [1.29, 1.82) is 0 Å². The highest BCUT2D eigenvalue weighted by atomic mass is 19.4. The lowest BCUT2D eigenvalue weighted by molar-refractivity contribution is -0.156. The zero-order chi connectivity index (χ0) is 16.4. The second-order valence-corrected chi connectivity index (χ2v) is 5.99. The maximum absolute atomic E-state index is 12.5. The lowest BCUT2D eigenvalue weighted by Gasteiger charge is -2.42. The van der Waals surface area contributed by atoms with E-state index in [2.05, 4.69) is 15.5 Å². The molecule has 0 aliphatic carbocycles. The molecule has 1 aromatic heterocycles. The van der Waals surface area contributed by atoms with E-state index < -0.39 is 18.3 Å². The lowest BCUT2D eigenvalue weighted by Crippen LogP contribution is -2.53. The van der Waals surface area contributed by atoms with Gasteiger partial charge in [0.25, 0.3) is 0 Å². The topological polar surface area (TPSA) is 65.3 Å². The van der Waals surface area contributed by atoms with Gasteiger partial charge in [-0.2, -0.15) is 13.2 Å². The summed E-state index contributed by atoms with van der Waals surface area (Å²) in [6.07, 6.45) is -4.49. The molecule has 22 heavy (non-hydrogen) atoms. The van der Waals surface area contributed by atoms with Crippen LogP contribution in [-0.2, 0) is 22.6 Å². The standard InChI is InChI=1S/C12H20F3N5O2/c1-11(2)7-19(4-9(22-11)6-21-3)5-10-16-17-18-20(10)8-12(13,14)15/h9H,4-8H2,1-3H3. The molecule has 0 radical (unpaired) electrons. The molecule has 0 bridgehead atoms. The van der Waals surface area contributed by atoms with Crippen LogP contribution in [0.15, 0.2) is 0 Å². The van der Waals surface area contributed by atoms with E-state index in [1.165, 1.54) is 0 Å². The zero-order valence-corrected chi connectivity index (χ0v) is 12.8. The first kappa shape index (κ1) is 17.1. The average Bonchev–Trinajstić information content (AvgIpc) is 2.72. The summed E-state index contributed by atoms with van der Waals surface area (Å²) < 4.78 is 49.2. The third kappa shape index (κ3) is 4.89. The SMILES string of the molecule is COCC1CN(Cc2nnnn2CC(F)(F)F)CC(C)(C)O1. The molecule has 0 amide bonds. The van der Waals surface area contributed by atoms with Crippen LogP contribution in [0.2, 0.25) is 0 Å². The van der Waals surface area contributed by atoms with E-state index in [-0.39, 0.29) is 18.5 Å². The maximum Gasteiger partial charge on any atom is 0.408 e. The molecule has 1 unspecified atom stereocenters. The second-order valence-electron chi connectivity index (χ2n) is 5.99. The van der Waals surface area contributed by atoms with Crippen molar-refractivity contribution in [1.82, 2.24) is 25.1 Å². The zero-order valence-electron chi connectivity index (χ0n) is 12.8. The molecule has 1 saturated heterocycles. The Morgan fingerprint density at radius 1 is 1.41 bits per heavy atom. The number of alkyl halides is 3. The quantitative estimate of drug-likeness (QED) is 0.801. The first-order valence-corrected chi connectivity index (χ1v) is 6.89. The molecule has 1 atom stereocenters. The second kappa shape index (κ2) is 6.47. The van der Waals surface area contributed by atoms with Crippen molar-refractivity contribution in [3.8, 4) is 0 Å². The molecule has 0 N–H and O–H groups in total. The average molecular weight is 323 g/mol. The number of methoxy groups -OCH3 is 1. The van der Waals surface area contributed by atoms with Gasteiger partial charge < -0.3 is 9.47 Å². The summed E-state index contributed by atoms with van der Waals surface area (Å²) in [5, 5.41) is 10.5. The van der Waals surface area contributed by atoms with Gasteiger partial charge in [-0.15, -0.1) is 5.10 Å². The predicted molar refractivity (Wildman–Crippen MR) is 70.0 cm³/mol. The Bertz CT molecular complexity index is 491. The van der Waals surface area contributed by atoms with Crippen molar-refractivity contribution in [2.45, 2.75) is 44.8 Å². The van der Waals surface area contributed by atoms with Gasteiger partial charge in [0.05, 0.1) is 24.9 Å². The summed E-state index contributed by atoms with van der Waals surface area (Å²) in [5.41, 5.74) is -0.413. The molecular formula is C12H20F3N5O2. The van der Waals surface area contributed by atoms with Gasteiger partial charge in [0, 0.05) is 20.2 Å². The number of ether oxygens (including phenoxy) is 2. The molecular weight excluding hydrogens is 303 g/mol. The third-order valence-corrected chi connectivity index (χ3v) is 3.20. The Kier molecular flexibility index (Phi) is 5.03. The lowest BCUT2D eigenvalue weighted by atomic mass is 10.1. The Balaban J connectivity index is 2.05. The Morgan fingerprint density at radius 2 is 2.14 bits per heavy atom. The van der Waals surface area contributed by atoms with Crippen LogP contribution in [0, 0.1) is 0 Å². The van der Waals surface area contributed by atoms with E-state index in [0.29, 0.717) is 19.7 Å². The largest absolute Gasteiger partial charge is 0.408 e. The number of nitrogens with zero attached hydrogens (tertiary/aromatic N) is 5.